The largest absolute Gasteiger partial charge is 0.366 e. The van der Waals surface area contributed by atoms with Crippen LogP contribution in [0.3, 0.4) is 0 Å². The number of likely N-dealkylation sites (N-methyl/N-ethyl adjacent to an activating group) is 1. The number of hydrazine groups is 1. The molecule has 0 amide bonds. The molecule has 0 saturated heterocycles. The van der Waals surface area contributed by atoms with Gasteiger partial charge in [-0.3, -0.25) is 0 Å². The van der Waals surface area contributed by atoms with Crippen molar-refractivity contribution in [1.82, 2.24) is 9.88 Å². The van der Waals surface area contributed by atoms with E-state index in [4.69, 9.17) is 5.84 Å². The van der Waals surface area contributed by atoms with Crippen molar-refractivity contribution in [3.63, 3.8) is 0 Å². The number of nitrogens with zero attached hydrogens (tertiary/aromatic N) is 2. The van der Waals surface area contributed by atoms with Gasteiger partial charge in [0, 0.05) is 12.6 Å². The zero-order valence-corrected chi connectivity index (χ0v) is 9.49. The average molecular weight is 209 g/mol. The van der Waals surface area contributed by atoms with Crippen molar-refractivity contribution in [2.45, 2.75) is 13.0 Å². The molecule has 1 atom stereocenters. The van der Waals surface area contributed by atoms with Crippen molar-refractivity contribution < 1.29 is 0 Å². The molecule has 0 aliphatic rings. The molecule has 0 saturated carbocycles. The smallest absolute Gasteiger partial charge is 0.142 e. The van der Waals surface area contributed by atoms with Crippen LogP contribution in [-0.4, -0.2) is 36.6 Å². The summed E-state index contributed by atoms with van der Waals surface area (Å²) in [7, 11) is 4.09. The minimum Gasteiger partial charge on any atom is -0.366 e. The molecule has 1 aromatic rings. The van der Waals surface area contributed by atoms with E-state index in [1.165, 1.54) is 0 Å². The molecule has 1 rings (SSSR count). The fourth-order valence-electron chi connectivity index (χ4n) is 1.44. The molecule has 0 radical (unpaired) electrons. The normalized spacial score (nSPS) is 12.6. The number of hydrogen-bond donors (Lipinski definition) is 3. The maximum Gasteiger partial charge on any atom is 0.142 e. The Balaban J connectivity index is 2.55. The van der Waals surface area contributed by atoms with Crippen molar-refractivity contribution in [3.8, 4) is 0 Å². The van der Waals surface area contributed by atoms with Gasteiger partial charge in [0.2, 0.25) is 0 Å². The standard InChI is InChI=1S/C10H19N5/c1-8(7-15(2)3)12-9-5-4-6-10(13-9)14-11/h4-6,8H,7,11H2,1-3H3,(H2,12,13,14). The summed E-state index contributed by atoms with van der Waals surface area (Å²) in [6.07, 6.45) is 0. The van der Waals surface area contributed by atoms with Crippen LogP contribution in [0, 0.1) is 0 Å². The highest BCUT2D eigenvalue weighted by Gasteiger charge is 2.04. The van der Waals surface area contributed by atoms with Gasteiger partial charge in [0.1, 0.15) is 11.6 Å². The van der Waals surface area contributed by atoms with Crippen LogP contribution in [0.25, 0.3) is 0 Å². The lowest BCUT2D eigenvalue weighted by molar-refractivity contribution is 0.392. The Kier molecular flexibility index (Phi) is 4.33. The molecule has 1 unspecified atom stereocenters. The Bertz CT molecular complexity index is 300. The molecule has 1 aromatic heterocycles. The van der Waals surface area contributed by atoms with E-state index in [0.717, 1.165) is 12.4 Å². The monoisotopic (exact) mass is 209 g/mol. The molecule has 0 aromatic carbocycles. The van der Waals surface area contributed by atoms with Gasteiger partial charge in [-0.25, -0.2) is 10.8 Å². The number of aromatic nitrogens is 1. The van der Waals surface area contributed by atoms with E-state index in [2.05, 4.69) is 27.6 Å². The molecule has 15 heavy (non-hydrogen) atoms. The van der Waals surface area contributed by atoms with Gasteiger partial charge in [0.05, 0.1) is 0 Å². The van der Waals surface area contributed by atoms with Crippen LogP contribution in [0.1, 0.15) is 6.92 Å². The number of pyridine rings is 1. The third kappa shape index (κ3) is 4.14. The highest BCUT2D eigenvalue weighted by atomic mass is 15.3. The number of rotatable bonds is 5. The lowest BCUT2D eigenvalue weighted by atomic mass is 10.3. The summed E-state index contributed by atoms with van der Waals surface area (Å²) >= 11 is 0. The second-order valence-corrected chi connectivity index (χ2v) is 3.86. The van der Waals surface area contributed by atoms with Crippen LogP contribution in [0.15, 0.2) is 18.2 Å². The number of nitrogens with two attached hydrogens (primary N) is 1. The van der Waals surface area contributed by atoms with Crippen LogP contribution in [0.5, 0.6) is 0 Å². The van der Waals surface area contributed by atoms with Crippen LogP contribution in [0.2, 0.25) is 0 Å². The van der Waals surface area contributed by atoms with Crippen LogP contribution in [0.4, 0.5) is 11.6 Å². The molecule has 1 heterocycles. The summed E-state index contributed by atoms with van der Waals surface area (Å²) in [6, 6.07) is 6.00. The van der Waals surface area contributed by atoms with Crippen molar-refractivity contribution in [3.05, 3.63) is 18.2 Å². The summed E-state index contributed by atoms with van der Waals surface area (Å²) in [6.45, 7) is 3.08. The minimum absolute atomic E-state index is 0.348. The van der Waals surface area contributed by atoms with Crippen molar-refractivity contribution in [1.29, 1.82) is 0 Å². The van der Waals surface area contributed by atoms with Crippen LogP contribution >= 0.6 is 0 Å². The number of nitrogens with one attached hydrogen (secondary N) is 2. The topological polar surface area (TPSA) is 66.2 Å². The summed E-state index contributed by atoms with van der Waals surface area (Å²) in [5.41, 5.74) is 2.52. The third-order valence-electron chi connectivity index (χ3n) is 1.93. The van der Waals surface area contributed by atoms with Gasteiger partial charge in [0.15, 0.2) is 0 Å². The number of anilines is 2. The van der Waals surface area contributed by atoms with Gasteiger partial charge >= 0.3 is 0 Å². The van der Waals surface area contributed by atoms with E-state index in [1.807, 2.05) is 32.3 Å². The molecular weight excluding hydrogens is 190 g/mol. The van der Waals surface area contributed by atoms with Gasteiger partial charge in [-0.15, -0.1) is 0 Å². The maximum absolute atomic E-state index is 5.28. The second-order valence-electron chi connectivity index (χ2n) is 3.86. The van der Waals surface area contributed by atoms with E-state index in [1.54, 1.807) is 0 Å². The Labute approximate surface area is 90.6 Å². The summed E-state index contributed by atoms with van der Waals surface area (Å²) in [5, 5.41) is 3.30. The zero-order valence-electron chi connectivity index (χ0n) is 9.49. The molecule has 5 nitrogen and oxygen atoms in total. The highest BCUT2D eigenvalue weighted by Crippen LogP contribution is 2.09. The van der Waals surface area contributed by atoms with Crippen LogP contribution < -0.4 is 16.6 Å². The predicted octanol–water partition coefficient (Wildman–Crippen LogP) is 0.729. The molecule has 4 N–H and O–H groups in total. The van der Waals surface area contributed by atoms with Gasteiger partial charge in [-0.05, 0) is 33.2 Å². The molecule has 0 spiro atoms. The molecule has 5 heteroatoms. The maximum atomic E-state index is 5.28. The van der Waals surface area contributed by atoms with E-state index < -0.39 is 0 Å². The summed E-state index contributed by atoms with van der Waals surface area (Å²) in [5.74, 6) is 6.78. The van der Waals surface area contributed by atoms with E-state index in [0.29, 0.717) is 11.9 Å². The Morgan fingerprint density at radius 1 is 1.40 bits per heavy atom. The third-order valence-corrected chi connectivity index (χ3v) is 1.93. The lowest BCUT2D eigenvalue weighted by Gasteiger charge is -2.18. The zero-order chi connectivity index (χ0) is 11.3. The van der Waals surface area contributed by atoms with E-state index in [9.17, 15) is 0 Å². The fraction of sp³-hybridized carbons (Fsp3) is 0.500. The minimum atomic E-state index is 0.348. The van der Waals surface area contributed by atoms with Gasteiger partial charge < -0.3 is 15.6 Å². The van der Waals surface area contributed by atoms with Crippen molar-refractivity contribution >= 4 is 11.6 Å². The van der Waals surface area contributed by atoms with Crippen molar-refractivity contribution in [2.24, 2.45) is 5.84 Å². The Morgan fingerprint density at radius 2 is 2.07 bits per heavy atom. The Morgan fingerprint density at radius 3 is 2.67 bits per heavy atom. The van der Waals surface area contributed by atoms with Gasteiger partial charge in [-0.1, -0.05) is 6.07 Å². The average Bonchev–Trinajstić information content (AvgIpc) is 2.16. The van der Waals surface area contributed by atoms with E-state index in [-0.39, 0.29) is 0 Å². The number of hydrogen-bond acceptors (Lipinski definition) is 5. The molecule has 0 bridgehead atoms. The summed E-state index contributed by atoms with van der Waals surface area (Å²) < 4.78 is 0. The van der Waals surface area contributed by atoms with Gasteiger partial charge in [-0.2, -0.15) is 0 Å². The first kappa shape index (κ1) is 11.7. The van der Waals surface area contributed by atoms with Crippen molar-refractivity contribution in [2.75, 3.05) is 31.4 Å². The van der Waals surface area contributed by atoms with Gasteiger partial charge in [0.25, 0.3) is 0 Å². The number of nitrogen functional groups attached to an aromatic ring is 1. The molecule has 0 aliphatic heterocycles. The molecule has 0 fully saturated rings. The van der Waals surface area contributed by atoms with Crippen LogP contribution in [-0.2, 0) is 0 Å². The second kappa shape index (κ2) is 5.53. The summed E-state index contributed by atoms with van der Waals surface area (Å²) in [4.78, 5) is 6.40. The Hall–Kier alpha value is -1.33. The first-order chi connectivity index (χ1) is 7.11. The molecular formula is C10H19N5. The highest BCUT2D eigenvalue weighted by molar-refractivity contribution is 5.44. The van der Waals surface area contributed by atoms with E-state index >= 15 is 0 Å². The predicted molar refractivity (Wildman–Crippen MR) is 63.7 cm³/mol. The molecule has 0 aliphatic carbocycles. The first-order valence-electron chi connectivity index (χ1n) is 4.96. The molecule has 84 valence electrons. The first-order valence-corrected chi connectivity index (χ1v) is 4.96. The quantitative estimate of drug-likeness (QED) is 0.493. The lowest BCUT2D eigenvalue weighted by Crippen LogP contribution is -2.30. The SMILES string of the molecule is CC(CN(C)C)Nc1cccc(NN)n1. The fourth-order valence-corrected chi connectivity index (χ4v) is 1.44.